The zero-order valence-electron chi connectivity index (χ0n) is 23.1. The zero-order valence-corrected chi connectivity index (χ0v) is 27.1. The van der Waals surface area contributed by atoms with Crippen LogP contribution in [-0.2, 0) is 9.53 Å². The van der Waals surface area contributed by atoms with Gasteiger partial charge in [0.1, 0.15) is 11.5 Å². The molecule has 0 saturated heterocycles. The number of rotatable bonds is 6. The smallest absolute Gasteiger partial charge is 0.338 e. The average molecular weight is 734 g/mol. The lowest BCUT2D eigenvalue weighted by Crippen LogP contribution is -2.40. The number of hydrogen-bond acceptors (Lipinski definition) is 8. The topological polar surface area (TPSA) is 92.3 Å². The quantitative estimate of drug-likeness (QED) is 0.187. The Hall–Kier alpha value is -4.19. The van der Waals surface area contributed by atoms with E-state index in [1.807, 2.05) is 66.7 Å². The molecule has 8 nitrogen and oxygen atoms in total. The van der Waals surface area contributed by atoms with Gasteiger partial charge in [-0.25, -0.2) is 9.79 Å². The molecule has 0 bridgehead atoms. The van der Waals surface area contributed by atoms with Gasteiger partial charge in [0, 0.05) is 26.1 Å². The van der Waals surface area contributed by atoms with Gasteiger partial charge in [-0.05, 0) is 55.0 Å². The third-order valence-electron chi connectivity index (χ3n) is 7.18. The van der Waals surface area contributed by atoms with Gasteiger partial charge in [-0.2, -0.15) is 0 Å². The molecule has 0 fully saturated rings. The van der Waals surface area contributed by atoms with Crippen molar-refractivity contribution in [2.75, 3.05) is 13.4 Å². The molecule has 11 heteroatoms. The molecular formula is C33H22Br2N2O6S. The van der Waals surface area contributed by atoms with Crippen molar-refractivity contribution in [2.24, 2.45) is 4.99 Å². The number of hydrogen-bond donors (Lipinski definition) is 0. The number of carbonyl (C=O) groups excluding carboxylic acids is 1. The summed E-state index contributed by atoms with van der Waals surface area (Å²) in [6.07, 6.45) is 1.70. The summed E-state index contributed by atoms with van der Waals surface area (Å²) in [5, 5.41) is 0. The van der Waals surface area contributed by atoms with Gasteiger partial charge in [0.25, 0.3) is 5.56 Å². The van der Waals surface area contributed by atoms with E-state index in [1.54, 1.807) is 29.7 Å². The summed E-state index contributed by atoms with van der Waals surface area (Å²) < 4.78 is 26.6. The average Bonchev–Trinajstić information content (AvgIpc) is 3.77. The predicted molar refractivity (Wildman–Crippen MR) is 173 cm³/mol. The Morgan fingerprint density at radius 2 is 1.86 bits per heavy atom. The van der Waals surface area contributed by atoms with Crippen LogP contribution < -0.4 is 24.4 Å². The zero-order chi connectivity index (χ0) is 30.4. The molecule has 0 amide bonds. The third kappa shape index (κ3) is 5.14. The SMILES string of the molecule is CCOC(=O)C1=C(c2ccccc2)N=c2s/c(=C/c3ccc(-c4cc(Br)ccc4Br)o3)c(=O)n2[C@@H]1c1ccc2c(c1)OCO2. The maximum absolute atomic E-state index is 14.2. The molecule has 0 unspecified atom stereocenters. The van der Waals surface area contributed by atoms with E-state index in [9.17, 15) is 9.59 Å². The van der Waals surface area contributed by atoms with Crippen molar-refractivity contribution in [3.8, 4) is 22.8 Å². The van der Waals surface area contributed by atoms with Crippen LogP contribution in [0, 0.1) is 0 Å². The summed E-state index contributed by atoms with van der Waals surface area (Å²) in [6, 6.07) is 23.5. The Kier molecular flexibility index (Phi) is 7.61. The largest absolute Gasteiger partial charge is 0.463 e. The van der Waals surface area contributed by atoms with Crippen LogP contribution in [0.3, 0.4) is 0 Å². The number of benzene rings is 3. The van der Waals surface area contributed by atoms with Crippen molar-refractivity contribution in [3.63, 3.8) is 0 Å². The Balaban J connectivity index is 1.43. The standard InChI is InChI=1S/C33H22Br2N2O6S/c1-2-40-32(39)28-29(18-6-4-3-5-7-18)36-33-37(30(28)19-8-12-25-26(14-19)42-17-41-25)31(38)27(44-33)16-21-10-13-24(43-21)22-15-20(34)9-11-23(22)35/h3-16,30H,2,17H2,1H3/b27-16+/t30-/m1/s1. The van der Waals surface area contributed by atoms with Crippen LogP contribution in [-0.4, -0.2) is 23.9 Å². The highest BCUT2D eigenvalue weighted by atomic mass is 79.9. The molecule has 0 saturated carbocycles. The number of aromatic nitrogens is 1. The second kappa shape index (κ2) is 11.7. The van der Waals surface area contributed by atoms with Gasteiger partial charge in [0.15, 0.2) is 16.3 Å². The van der Waals surface area contributed by atoms with Crippen molar-refractivity contribution in [1.82, 2.24) is 4.57 Å². The molecule has 1 atom stereocenters. The van der Waals surface area contributed by atoms with E-state index in [0.29, 0.717) is 43.6 Å². The first kappa shape index (κ1) is 28.6. The summed E-state index contributed by atoms with van der Waals surface area (Å²) in [5.41, 5.74) is 2.65. The number of esters is 1. The van der Waals surface area contributed by atoms with Gasteiger partial charge in [-0.1, -0.05) is 79.6 Å². The number of ether oxygens (including phenoxy) is 3. The number of furan rings is 1. The minimum absolute atomic E-state index is 0.0963. The van der Waals surface area contributed by atoms with Crippen molar-refractivity contribution in [1.29, 1.82) is 0 Å². The number of carbonyl (C=O) groups is 1. The first-order chi connectivity index (χ1) is 21.4. The van der Waals surface area contributed by atoms with Crippen LogP contribution in [0.5, 0.6) is 11.5 Å². The minimum Gasteiger partial charge on any atom is -0.463 e. The second-order valence-corrected chi connectivity index (χ2v) is 12.6. The van der Waals surface area contributed by atoms with Gasteiger partial charge in [-0.3, -0.25) is 9.36 Å². The van der Waals surface area contributed by atoms with Crippen molar-refractivity contribution in [3.05, 3.63) is 130 Å². The fourth-order valence-electron chi connectivity index (χ4n) is 5.23. The van der Waals surface area contributed by atoms with E-state index < -0.39 is 12.0 Å². The fraction of sp³-hybridized carbons (Fsp3) is 0.121. The number of halogens is 2. The van der Waals surface area contributed by atoms with E-state index in [1.165, 1.54) is 11.3 Å². The molecule has 44 heavy (non-hydrogen) atoms. The molecule has 7 rings (SSSR count). The van der Waals surface area contributed by atoms with Gasteiger partial charge >= 0.3 is 5.97 Å². The van der Waals surface area contributed by atoms with Crippen LogP contribution in [0.4, 0.5) is 0 Å². The van der Waals surface area contributed by atoms with Gasteiger partial charge in [0.05, 0.1) is 28.5 Å². The Labute approximate surface area is 271 Å². The third-order valence-corrected chi connectivity index (χ3v) is 9.35. The van der Waals surface area contributed by atoms with E-state index in [-0.39, 0.29) is 24.5 Å². The number of fused-ring (bicyclic) bond motifs is 2. The molecule has 220 valence electrons. The fourth-order valence-corrected chi connectivity index (χ4v) is 7.01. The van der Waals surface area contributed by atoms with E-state index in [4.69, 9.17) is 23.6 Å². The highest BCUT2D eigenvalue weighted by Gasteiger charge is 2.36. The molecule has 5 aromatic rings. The van der Waals surface area contributed by atoms with Crippen molar-refractivity contribution < 1.29 is 23.4 Å². The lowest BCUT2D eigenvalue weighted by Gasteiger charge is -2.26. The van der Waals surface area contributed by atoms with Crippen LogP contribution >= 0.6 is 43.2 Å². The van der Waals surface area contributed by atoms with Crippen molar-refractivity contribution in [2.45, 2.75) is 13.0 Å². The highest BCUT2D eigenvalue weighted by Crippen LogP contribution is 2.40. The summed E-state index contributed by atoms with van der Waals surface area (Å²) >= 11 is 8.31. The lowest BCUT2D eigenvalue weighted by molar-refractivity contribution is -0.138. The minimum atomic E-state index is -0.832. The molecule has 0 aliphatic carbocycles. The molecule has 0 spiro atoms. The lowest BCUT2D eigenvalue weighted by atomic mass is 9.93. The molecule has 0 N–H and O–H groups in total. The maximum atomic E-state index is 14.2. The maximum Gasteiger partial charge on any atom is 0.338 e. The van der Waals surface area contributed by atoms with Crippen LogP contribution in [0.15, 0.2) is 108 Å². The molecular weight excluding hydrogens is 712 g/mol. The predicted octanol–water partition coefficient (Wildman–Crippen LogP) is 6.45. The molecule has 3 aromatic carbocycles. The van der Waals surface area contributed by atoms with Crippen LogP contribution in [0.25, 0.3) is 23.1 Å². The Bertz CT molecular complexity index is 2150. The number of thiazole rings is 1. The summed E-state index contributed by atoms with van der Waals surface area (Å²) in [7, 11) is 0. The van der Waals surface area contributed by atoms with Crippen LogP contribution in [0.2, 0.25) is 0 Å². The van der Waals surface area contributed by atoms with Gasteiger partial charge < -0.3 is 18.6 Å². The molecule has 2 aromatic heterocycles. The summed E-state index contributed by atoms with van der Waals surface area (Å²) in [6.45, 7) is 2.01. The Morgan fingerprint density at radius 1 is 1.05 bits per heavy atom. The van der Waals surface area contributed by atoms with Crippen molar-refractivity contribution >= 4 is 60.9 Å². The molecule has 2 aliphatic heterocycles. The Morgan fingerprint density at radius 3 is 2.68 bits per heavy atom. The first-order valence-electron chi connectivity index (χ1n) is 13.6. The molecule has 2 aliphatic rings. The summed E-state index contributed by atoms with van der Waals surface area (Å²) in [5.74, 6) is 1.73. The second-order valence-electron chi connectivity index (χ2n) is 9.87. The number of nitrogens with zero attached hydrogens (tertiary/aromatic N) is 2. The van der Waals surface area contributed by atoms with E-state index >= 15 is 0 Å². The molecule has 4 heterocycles. The van der Waals surface area contributed by atoms with Gasteiger partial charge in [-0.15, -0.1) is 0 Å². The molecule has 0 radical (unpaired) electrons. The highest BCUT2D eigenvalue weighted by molar-refractivity contribution is 9.11. The first-order valence-corrected chi connectivity index (χ1v) is 16.0. The van der Waals surface area contributed by atoms with E-state index in [2.05, 4.69) is 31.9 Å². The van der Waals surface area contributed by atoms with E-state index in [0.717, 1.165) is 20.1 Å². The summed E-state index contributed by atoms with van der Waals surface area (Å²) in [4.78, 5) is 33.2. The normalized spacial score (nSPS) is 15.7. The monoisotopic (exact) mass is 732 g/mol. The van der Waals surface area contributed by atoms with Gasteiger partial charge in [0.2, 0.25) is 6.79 Å². The van der Waals surface area contributed by atoms with Crippen LogP contribution in [0.1, 0.15) is 29.9 Å².